The highest BCUT2D eigenvalue weighted by Crippen LogP contribution is 2.38. The summed E-state index contributed by atoms with van der Waals surface area (Å²) in [4.78, 5) is 0. The van der Waals surface area contributed by atoms with Gasteiger partial charge in [0.05, 0.1) is 22.1 Å². The molecule has 3 heterocycles. The molecule has 0 saturated carbocycles. The van der Waals surface area contributed by atoms with Crippen LogP contribution in [0.2, 0.25) is 0 Å². The maximum atomic E-state index is 6.20. The van der Waals surface area contributed by atoms with Crippen molar-refractivity contribution in [2.45, 2.75) is 0 Å². The summed E-state index contributed by atoms with van der Waals surface area (Å²) in [6.45, 7) is 0. The first-order valence-corrected chi connectivity index (χ1v) is 19.5. The molecule has 3 heteroatoms. The number of furan rings is 1. The second-order valence-electron chi connectivity index (χ2n) is 14.9. The van der Waals surface area contributed by atoms with Gasteiger partial charge in [0.2, 0.25) is 0 Å². The third-order valence-electron chi connectivity index (χ3n) is 11.7. The quantitative estimate of drug-likeness (QED) is 0.173. The van der Waals surface area contributed by atoms with Gasteiger partial charge >= 0.3 is 0 Å². The van der Waals surface area contributed by atoms with E-state index in [2.05, 4.69) is 203 Å². The first-order valence-electron chi connectivity index (χ1n) is 19.5. The largest absolute Gasteiger partial charge is 0.456 e. The SMILES string of the molecule is c1ccc(-n2c3ccccc3c3ccc(-c4ccc(-c5ccc6c(c5)c5ccccc5n6-c5ccc(-c6ccc7c(c6)oc6ccccc67)cc5)cc4)cc32)cc1. The third kappa shape index (κ3) is 4.99. The van der Waals surface area contributed by atoms with Crippen molar-refractivity contribution in [3.05, 3.63) is 206 Å². The molecular weight excluding hydrogens is 693 g/mol. The van der Waals surface area contributed by atoms with Gasteiger partial charge in [-0.3, -0.25) is 0 Å². The lowest BCUT2D eigenvalue weighted by Crippen LogP contribution is -1.93. The van der Waals surface area contributed by atoms with Crippen molar-refractivity contribution in [2.75, 3.05) is 0 Å². The number of aromatic nitrogens is 2. The zero-order valence-electron chi connectivity index (χ0n) is 30.9. The highest BCUT2D eigenvalue weighted by molar-refractivity contribution is 6.12. The molecule has 0 bridgehead atoms. The molecule has 12 rings (SSSR count). The molecule has 0 aliphatic carbocycles. The van der Waals surface area contributed by atoms with E-state index in [4.69, 9.17) is 4.42 Å². The monoisotopic (exact) mass is 726 g/mol. The topological polar surface area (TPSA) is 23.0 Å². The Morgan fingerprint density at radius 1 is 0.246 bits per heavy atom. The Bertz CT molecular complexity index is 3490. The van der Waals surface area contributed by atoms with Gasteiger partial charge in [-0.1, -0.05) is 133 Å². The van der Waals surface area contributed by atoms with Crippen LogP contribution in [0.5, 0.6) is 0 Å². The smallest absolute Gasteiger partial charge is 0.136 e. The normalized spacial score (nSPS) is 11.9. The van der Waals surface area contributed by atoms with Crippen LogP contribution in [-0.2, 0) is 0 Å². The van der Waals surface area contributed by atoms with Gasteiger partial charge in [-0.25, -0.2) is 0 Å². The van der Waals surface area contributed by atoms with Gasteiger partial charge in [-0.15, -0.1) is 0 Å². The first-order chi connectivity index (χ1) is 28.2. The molecule has 0 N–H and O–H groups in total. The first kappa shape index (κ1) is 31.7. The number of hydrogen-bond donors (Lipinski definition) is 0. The van der Waals surface area contributed by atoms with Crippen molar-refractivity contribution in [3.63, 3.8) is 0 Å². The number of hydrogen-bond acceptors (Lipinski definition) is 1. The lowest BCUT2D eigenvalue weighted by molar-refractivity contribution is 0.669. The molecule has 0 aliphatic rings. The Morgan fingerprint density at radius 2 is 0.684 bits per heavy atom. The number of benzene rings is 9. The van der Waals surface area contributed by atoms with Gasteiger partial charge in [-0.2, -0.15) is 0 Å². The molecule has 0 unspecified atom stereocenters. The van der Waals surface area contributed by atoms with Crippen LogP contribution in [0.1, 0.15) is 0 Å². The maximum absolute atomic E-state index is 6.20. The van der Waals surface area contributed by atoms with E-state index in [0.29, 0.717) is 0 Å². The van der Waals surface area contributed by atoms with Crippen LogP contribution < -0.4 is 0 Å². The van der Waals surface area contributed by atoms with Crippen LogP contribution in [0.15, 0.2) is 211 Å². The Hall–Kier alpha value is -7.62. The average molecular weight is 727 g/mol. The van der Waals surface area contributed by atoms with Gasteiger partial charge < -0.3 is 13.6 Å². The fourth-order valence-electron chi connectivity index (χ4n) is 9.00. The standard InChI is InChI=1S/C54H34N2O/c1-2-10-41(11-3-1)56-49-15-7-4-12-43(49)45-29-24-39(33-52(45)56)36-20-18-35(19-21-36)38-26-31-51-48(32-38)44-13-5-8-16-50(44)55(51)42-27-22-37(23-28-42)40-25-30-47-46-14-6-9-17-53(46)57-54(47)34-40/h1-34H. The van der Waals surface area contributed by atoms with Gasteiger partial charge in [0.15, 0.2) is 0 Å². The summed E-state index contributed by atoms with van der Waals surface area (Å²) in [5.74, 6) is 0. The zero-order chi connectivity index (χ0) is 37.5. The molecule has 9 aromatic carbocycles. The average Bonchev–Trinajstić information content (AvgIpc) is 3.94. The van der Waals surface area contributed by atoms with E-state index in [1.807, 2.05) is 12.1 Å². The summed E-state index contributed by atoms with van der Waals surface area (Å²) in [6.07, 6.45) is 0. The van der Waals surface area contributed by atoms with E-state index in [1.54, 1.807) is 0 Å². The highest BCUT2D eigenvalue weighted by Gasteiger charge is 2.16. The molecule has 0 radical (unpaired) electrons. The Kier molecular flexibility index (Phi) is 6.93. The molecule has 3 nitrogen and oxygen atoms in total. The van der Waals surface area contributed by atoms with Crippen LogP contribution in [0.3, 0.4) is 0 Å². The molecule has 0 fully saturated rings. The molecule has 0 amide bonds. The summed E-state index contributed by atoms with van der Waals surface area (Å²) in [6, 6.07) is 74.5. The Balaban J connectivity index is 0.892. The number of para-hydroxylation sites is 4. The van der Waals surface area contributed by atoms with Crippen LogP contribution >= 0.6 is 0 Å². The van der Waals surface area contributed by atoms with E-state index in [9.17, 15) is 0 Å². The van der Waals surface area contributed by atoms with E-state index in [0.717, 1.165) is 38.8 Å². The number of rotatable bonds is 5. The predicted octanol–water partition coefficient (Wildman–Crippen LogP) is 14.8. The number of fused-ring (bicyclic) bond motifs is 9. The van der Waals surface area contributed by atoms with E-state index < -0.39 is 0 Å². The molecular formula is C54H34N2O. The summed E-state index contributed by atoms with van der Waals surface area (Å²) in [5, 5.41) is 7.31. The fraction of sp³-hybridized carbons (Fsp3) is 0. The minimum absolute atomic E-state index is 0.912. The van der Waals surface area contributed by atoms with E-state index in [-0.39, 0.29) is 0 Å². The minimum Gasteiger partial charge on any atom is -0.456 e. The lowest BCUT2D eigenvalue weighted by Gasteiger charge is -2.10. The molecule has 0 saturated heterocycles. The van der Waals surface area contributed by atoms with E-state index in [1.165, 1.54) is 71.6 Å². The molecule has 57 heavy (non-hydrogen) atoms. The van der Waals surface area contributed by atoms with Gasteiger partial charge in [0.25, 0.3) is 0 Å². The molecule has 266 valence electrons. The van der Waals surface area contributed by atoms with Crippen molar-refractivity contribution >= 4 is 65.6 Å². The van der Waals surface area contributed by atoms with E-state index >= 15 is 0 Å². The van der Waals surface area contributed by atoms with Crippen molar-refractivity contribution in [1.82, 2.24) is 9.13 Å². The molecule has 0 spiro atoms. The summed E-state index contributed by atoms with van der Waals surface area (Å²) < 4.78 is 11.0. The Labute approximate surface area is 328 Å². The zero-order valence-corrected chi connectivity index (χ0v) is 30.9. The third-order valence-corrected chi connectivity index (χ3v) is 11.7. The second-order valence-corrected chi connectivity index (χ2v) is 14.9. The fourth-order valence-corrected chi connectivity index (χ4v) is 9.00. The minimum atomic E-state index is 0.912. The van der Waals surface area contributed by atoms with Gasteiger partial charge in [0.1, 0.15) is 11.2 Å². The van der Waals surface area contributed by atoms with Crippen LogP contribution in [0.4, 0.5) is 0 Å². The molecule has 0 atom stereocenters. The van der Waals surface area contributed by atoms with Crippen LogP contribution in [0, 0.1) is 0 Å². The second kappa shape index (κ2) is 12.5. The molecule has 3 aromatic heterocycles. The predicted molar refractivity (Wildman–Crippen MR) is 239 cm³/mol. The summed E-state index contributed by atoms with van der Waals surface area (Å²) >= 11 is 0. The highest BCUT2D eigenvalue weighted by atomic mass is 16.3. The summed E-state index contributed by atoms with van der Waals surface area (Å²) in [7, 11) is 0. The molecule has 12 aromatic rings. The van der Waals surface area contributed by atoms with Gasteiger partial charge in [-0.05, 0) is 106 Å². The van der Waals surface area contributed by atoms with Gasteiger partial charge in [0, 0.05) is 43.7 Å². The lowest BCUT2D eigenvalue weighted by atomic mass is 9.98. The summed E-state index contributed by atoms with van der Waals surface area (Å²) in [5.41, 5.74) is 16.1. The number of nitrogens with zero attached hydrogens (tertiary/aromatic N) is 2. The molecule has 0 aliphatic heterocycles. The van der Waals surface area contributed by atoms with Crippen molar-refractivity contribution in [1.29, 1.82) is 0 Å². The van der Waals surface area contributed by atoms with Crippen molar-refractivity contribution in [2.24, 2.45) is 0 Å². The van der Waals surface area contributed by atoms with Crippen molar-refractivity contribution in [3.8, 4) is 44.8 Å². The van der Waals surface area contributed by atoms with Crippen LogP contribution in [-0.4, -0.2) is 9.13 Å². The van der Waals surface area contributed by atoms with Crippen molar-refractivity contribution < 1.29 is 4.42 Å². The Morgan fingerprint density at radius 3 is 1.40 bits per heavy atom. The van der Waals surface area contributed by atoms with Crippen LogP contribution in [0.25, 0.3) is 110 Å². The maximum Gasteiger partial charge on any atom is 0.136 e.